The molecule has 4 atom stereocenters. The van der Waals surface area contributed by atoms with Crippen LogP contribution in [0.3, 0.4) is 0 Å². The fraction of sp³-hybridized carbons (Fsp3) is 0.565. The van der Waals surface area contributed by atoms with Crippen LogP contribution in [0.15, 0.2) is 36.1 Å². The van der Waals surface area contributed by atoms with E-state index in [0.29, 0.717) is 11.5 Å². The molecule has 4 rings (SSSR count). The lowest BCUT2D eigenvalue weighted by Gasteiger charge is -2.45. The number of para-hydroxylation sites is 1. The number of fused-ring (bicyclic) bond motifs is 4. The lowest BCUT2D eigenvalue weighted by molar-refractivity contribution is -0.137. The highest BCUT2D eigenvalue weighted by Crippen LogP contribution is 2.54. The van der Waals surface area contributed by atoms with E-state index in [2.05, 4.69) is 17.9 Å². The molecule has 156 valence electrons. The van der Waals surface area contributed by atoms with Crippen LogP contribution in [0.2, 0.25) is 0 Å². The summed E-state index contributed by atoms with van der Waals surface area (Å²) in [4.78, 5) is 30.4. The normalized spacial score (nSPS) is 31.7. The van der Waals surface area contributed by atoms with Gasteiger partial charge < -0.3 is 14.4 Å². The Balaban J connectivity index is 1.76. The standard InChI is InChI=1S/C23H30N2O4/c1-5-15-13-25-11-10-23(18-8-6-7-9-19(18)24(2)22(23)27)20(25)12-16(15)17(14-28-3)21(26)29-4/h6-9,14-16,20H,5,10-13H2,1-4H3/b17-14+/t15-,16-,20-,23+/m0/s1. The van der Waals surface area contributed by atoms with Crippen molar-refractivity contribution in [2.45, 2.75) is 37.6 Å². The number of hydrogen-bond donors (Lipinski definition) is 0. The Morgan fingerprint density at radius 1 is 1.31 bits per heavy atom. The van der Waals surface area contributed by atoms with Crippen LogP contribution in [0.4, 0.5) is 5.69 Å². The zero-order valence-corrected chi connectivity index (χ0v) is 17.7. The van der Waals surface area contributed by atoms with Crippen LogP contribution >= 0.6 is 0 Å². The van der Waals surface area contributed by atoms with Crippen molar-refractivity contribution in [2.24, 2.45) is 11.8 Å². The zero-order chi connectivity index (χ0) is 20.8. The molecule has 0 aliphatic carbocycles. The maximum absolute atomic E-state index is 13.6. The zero-order valence-electron chi connectivity index (χ0n) is 17.7. The Morgan fingerprint density at radius 3 is 2.76 bits per heavy atom. The number of amides is 1. The molecule has 0 radical (unpaired) electrons. The SMILES string of the molecule is CC[C@H]1CN2CC[C@]3(C(=O)N(C)c4ccccc43)[C@@H]2C[C@@H]1/C(=C\OC)C(=O)OC. The Kier molecular flexibility index (Phi) is 5.15. The van der Waals surface area contributed by atoms with Gasteiger partial charge in [-0.3, -0.25) is 9.69 Å². The number of benzene rings is 1. The molecule has 3 heterocycles. The van der Waals surface area contributed by atoms with Gasteiger partial charge in [-0.1, -0.05) is 31.5 Å². The van der Waals surface area contributed by atoms with Gasteiger partial charge in [-0.2, -0.15) is 0 Å². The van der Waals surface area contributed by atoms with Gasteiger partial charge in [0.2, 0.25) is 5.91 Å². The Labute approximate surface area is 172 Å². The molecular weight excluding hydrogens is 368 g/mol. The minimum Gasteiger partial charge on any atom is -0.504 e. The predicted molar refractivity (Wildman–Crippen MR) is 111 cm³/mol. The average Bonchev–Trinajstić information content (AvgIpc) is 3.23. The molecule has 0 unspecified atom stereocenters. The number of esters is 1. The van der Waals surface area contributed by atoms with Crippen LogP contribution in [0.5, 0.6) is 0 Å². The number of ether oxygens (including phenoxy) is 2. The smallest absolute Gasteiger partial charge is 0.337 e. The summed E-state index contributed by atoms with van der Waals surface area (Å²) in [5.74, 6) is 0.169. The third-order valence-corrected chi connectivity index (χ3v) is 7.34. The van der Waals surface area contributed by atoms with Crippen molar-refractivity contribution < 1.29 is 19.1 Å². The molecule has 3 aliphatic rings. The van der Waals surface area contributed by atoms with E-state index in [-0.39, 0.29) is 23.8 Å². The molecular formula is C23H30N2O4. The number of methoxy groups -OCH3 is 2. The molecule has 0 saturated carbocycles. The van der Waals surface area contributed by atoms with Crippen molar-refractivity contribution in [1.29, 1.82) is 0 Å². The minimum absolute atomic E-state index is 0.00879. The third-order valence-electron chi connectivity index (χ3n) is 7.34. The van der Waals surface area contributed by atoms with E-state index in [1.165, 1.54) is 13.4 Å². The number of carbonyl (C=O) groups excluding carboxylic acids is 2. The van der Waals surface area contributed by atoms with E-state index in [0.717, 1.165) is 43.6 Å². The van der Waals surface area contributed by atoms with E-state index >= 15 is 0 Å². The highest BCUT2D eigenvalue weighted by molar-refractivity contribution is 6.08. The quantitative estimate of drug-likeness (QED) is 0.443. The van der Waals surface area contributed by atoms with Gasteiger partial charge in [0, 0.05) is 25.3 Å². The average molecular weight is 399 g/mol. The first-order valence-corrected chi connectivity index (χ1v) is 10.4. The van der Waals surface area contributed by atoms with Crippen molar-refractivity contribution in [3.05, 3.63) is 41.7 Å². The Hall–Kier alpha value is -2.34. The number of nitrogens with zero attached hydrogens (tertiary/aromatic N) is 2. The van der Waals surface area contributed by atoms with Gasteiger partial charge in [-0.05, 0) is 42.9 Å². The predicted octanol–water partition coefficient (Wildman–Crippen LogP) is 2.72. The third kappa shape index (κ3) is 2.80. The van der Waals surface area contributed by atoms with Gasteiger partial charge in [0.15, 0.2) is 0 Å². The second-order valence-electron chi connectivity index (χ2n) is 8.42. The molecule has 29 heavy (non-hydrogen) atoms. The second-order valence-corrected chi connectivity index (χ2v) is 8.42. The molecule has 1 aromatic rings. The minimum atomic E-state index is -0.531. The number of carbonyl (C=O) groups is 2. The fourth-order valence-corrected chi connectivity index (χ4v) is 5.94. The summed E-state index contributed by atoms with van der Waals surface area (Å²) in [5.41, 5.74) is 2.19. The summed E-state index contributed by atoms with van der Waals surface area (Å²) in [6.45, 7) is 3.95. The van der Waals surface area contributed by atoms with Gasteiger partial charge in [0.1, 0.15) is 0 Å². The maximum Gasteiger partial charge on any atom is 0.337 e. The molecule has 6 nitrogen and oxygen atoms in total. The number of hydrogen-bond acceptors (Lipinski definition) is 5. The molecule has 1 aromatic carbocycles. The van der Waals surface area contributed by atoms with Crippen LogP contribution in [0, 0.1) is 11.8 Å². The molecule has 6 heteroatoms. The molecule has 3 aliphatic heterocycles. The lowest BCUT2D eigenvalue weighted by atomic mass is 9.67. The summed E-state index contributed by atoms with van der Waals surface area (Å²) in [5, 5.41) is 0. The van der Waals surface area contributed by atoms with Crippen molar-refractivity contribution >= 4 is 17.6 Å². The Bertz CT molecular complexity index is 851. The van der Waals surface area contributed by atoms with E-state index in [9.17, 15) is 9.59 Å². The number of rotatable bonds is 4. The van der Waals surface area contributed by atoms with Gasteiger partial charge in [-0.25, -0.2) is 4.79 Å². The van der Waals surface area contributed by atoms with Crippen LogP contribution in [-0.4, -0.2) is 57.2 Å². The lowest BCUT2D eigenvalue weighted by Crippen LogP contribution is -2.54. The number of anilines is 1. The maximum atomic E-state index is 13.6. The first kappa shape index (κ1) is 20.0. The van der Waals surface area contributed by atoms with Crippen LogP contribution < -0.4 is 4.90 Å². The summed E-state index contributed by atoms with van der Waals surface area (Å²) >= 11 is 0. The van der Waals surface area contributed by atoms with E-state index in [1.54, 1.807) is 7.11 Å². The summed E-state index contributed by atoms with van der Waals surface area (Å²) < 4.78 is 10.3. The van der Waals surface area contributed by atoms with Gasteiger partial charge in [0.05, 0.1) is 31.5 Å². The van der Waals surface area contributed by atoms with Crippen molar-refractivity contribution in [3.63, 3.8) is 0 Å². The fourth-order valence-electron chi connectivity index (χ4n) is 5.94. The van der Waals surface area contributed by atoms with E-state index in [1.807, 2.05) is 30.1 Å². The van der Waals surface area contributed by atoms with Crippen LogP contribution in [0.25, 0.3) is 0 Å². The molecule has 1 spiro atoms. The highest BCUT2D eigenvalue weighted by Gasteiger charge is 2.61. The molecule has 1 amide bonds. The highest BCUT2D eigenvalue weighted by atomic mass is 16.5. The largest absolute Gasteiger partial charge is 0.504 e. The molecule has 2 fully saturated rings. The summed E-state index contributed by atoms with van der Waals surface area (Å²) in [6, 6.07) is 8.22. The van der Waals surface area contributed by atoms with Crippen molar-refractivity contribution in [2.75, 3.05) is 39.3 Å². The van der Waals surface area contributed by atoms with Gasteiger partial charge in [-0.15, -0.1) is 0 Å². The second kappa shape index (κ2) is 7.48. The van der Waals surface area contributed by atoms with E-state index < -0.39 is 5.41 Å². The van der Waals surface area contributed by atoms with Gasteiger partial charge >= 0.3 is 5.97 Å². The number of likely N-dealkylation sites (N-methyl/N-ethyl adjacent to an activating group) is 1. The summed E-state index contributed by atoms with van der Waals surface area (Å²) in [7, 11) is 4.84. The first-order chi connectivity index (χ1) is 14.0. The van der Waals surface area contributed by atoms with Crippen molar-refractivity contribution in [1.82, 2.24) is 4.90 Å². The monoisotopic (exact) mass is 398 g/mol. The first-order valence-electron chi connectivity index (χ1n) is 10.4. The molecule has 2 saturated heterocycles. The van der Waals surface area contributed by atoms with Gasteiger partial charge in [0.25, 0.3) is 0 Å². The van der Waals surface area contributed by atoms with Crippen LogP contribution in [-0.2, 0) is 24.5 Å². The Morgan fingerprint density at radius 2 is 2.07 bits per heavy atom. The van der Waals surface area contributed by atoms with Crippen LogP contribution in [0.1, 0.15) is 31.7 Å². The number of piperidine rings is 1. The summed E-state index contributed by atoms with van der Waals surface area (Å²) in [6.07, 6.45) is 4.07. The molecule has 0 N–H and O–H groups in total. The van der Waals surface area contributed by atoms with E-state index in [4.69, 9.17) is 9.47 Å². The molecule has 0 aromatic heterocycles. The topological polar surface area (TPSA) is 59.1 Å². The van der Waals surface area contributed by atoms with Crippen molar-refractivity contribution in [3.8, 4) is 0 Å². The molecule has 0 bridgehead atoms.